The average molecular weight is 582 g/mol. The number of carboxylic acid groups (broad SMARTS) is 2. The van der Waals surface area contributed by atoms with Crippen LogP contribution in [0, 0.1) is 11.8 Å². The molecule has 3 amide bonds. The van der Waals surface area contributed by atoms with Gasteiger partial charge in [0.2, 0.25) is 11.8 Å². The zero-order chi connectivity index (χ0) is 31.1. The van der Waals surface area contributed by atoms with Crippen LogP contribution in [0.4, 0.5) is 4.79 Å². The molecule has 3 rings (SSSR count). The summed E-state index contributed by atoms with van der Waals surface area (Å²) in [5.74, 6) is -5.20. The number of rotatable bonds is 13. The molecule has 0 bridgehead atoms. The van der Waals surface area contributed by atoms with E-state index < -0.39 is 60.3 Å². The number of alkyl carbamates (subject to hydrolysis) is 1. The fourth-order valence-corrected chi connectivity index (χ4v) is 5.36. The molecule has 2 aromatic rings. The molecule has 11 heteroatoms. The Morgan fingerprint density at radius 3 is 1.93 bits per heavy atom. The molecule has 4 atom stereocenters. The molecule has 0 radical (unpaired) electrons. The fourth-order valence-electron chi connectivity index (χ4n) is 5.36. The average Bonchev–Trinajstić information content (AvgIpc) is 3.26. The molecule has 0 saturated carbocycles. The highest BCUT2D eigenvalue weighted by molar-refractivity contribution is 5.94. The van der Waals surface area contributed by atoms with Crippen LogP contribution in [0.15, 0.2) is 48.5 Å². The topological polar surface area (TPSA) is 162 Å². The van der Waals surface area contributed by atoms with Gasteiger partial charge in [-0.15, -0.1) is 0 Å². The van der Waals surface area contributed by atoms with Gasteiger partial charge in [-0.25, -0.2) is 9.59 Å². The second kappa shape index (κ2) is 14.0. The normalized spacial score (nSPS) is 15.0. The lowest BCUT2D eigenvalue weighted by molar-refractivity contribution is -0.149. The predicted molar refractivity (Wildman–Crippen MR) is 155 cm³/mol. The molecular weight excluding hydrogens is 542 g/mol. The molecule has 0 spiro atoms. The number of carbonyl (C=O) groups is 5. The third kappa shape index (κ3) is 7.26. The van der Waals surface area contributed by atoms with E-state index in [0.717, 1.165) is 22.3 Å². The SMILES string of the molecule is CC[C@H](C)[C@H](NC(=O)OCC1c2ccccc2-c2ccccc21)C(=O)N(C)[C@H](C(=O)N[C@@H](CC(=O)O)C(=O)O)C(C)C. The summed E-state index contributed by atoms with van der Waals surface area (Å²) in [6, 6.07) is 12.1. The molecule has 4 N–H and O–H groups in total. The Kier molecular flexibility index (Phi) is 10.7. The van der Waals surface area contributed by atoms with E-state index in [0.29, 0.717) is 6.42 Å². The Morgan fingerprint density at radius 1 is 0.905 bits per heavy atom. The summed E-state index contributed by atoms with van der Waals surface area (Å²) in [4.78, 5) is 63.5. The summed E-state index contributed by atoms with van der Waals surface area (Å²) in [5, 5.41) is 23.3. The van der Waals surface area contributed by atoms with Gasteiger partial charge < -0.3 is 30.5 Å². The van der Waals surface area contributed by atoms with Crippen molar-refractivity contribution >= 4 is 29.8 Å². The molecule has 42 heavy (non-hydrogen) atoms. The first-order valence-corrected chi connectivity index (χ1v) is 14.0. The highest BCUT2D eigenvalue weighted by Crippen LogP contribution is 2.44. The lowest BCUT2D eigenvalue weighted by Crippen LogP contribution is -2.59. The molecule has 0 heterocycles. The van der Waals surface area contributed by atoms with Crippen LogP contribution >= 0.6 is 0 Å². The first kappa shape index (κ1) is 32.1. The molecule has 226 valence electrons. The van der Waals surface area contributed by atoms with Gasteiger partial charge in [-0.05, 0) is 34.1 Å². The number of likely N-dealkylation sites (N-methyl/N-ethyl adjacent to an activating group) is 1. The first-order chi connectivity index (χ1) is 19.9. The third-order valence-corrected chi connectivity index (χ3v) is 7.75. The summed E-state index contributed by atoms with van der Waals surface area (Å²) in [6.07, 6.45) is -1.06. The Labute approximate surface area is 245 Å². The number of nitrogens with one attached hydrogen (secondary N) is 2. The second-order valence-electron chi connectivity index (χ2n) is 11.0. The summed E-state index contributed by atoms with van der Waals surface area (Å²) in [7, 11) is 1.40. The van der Waals surface area contributed by atoms with E-state index in [9.17, 15) is 29.1 Å². The van der Waals surface area contributed by atoms with Crippen LogP contribution in [-0.4, -0.2) is 76.7 Å². The first-order valence-electron chi connectivity index (χ1n) is 14.0. The number of fused-ring (bicyclic) bond motifs is 3. The quantitative estimate of drug-likeness (QED) is 0.280. The van der Waals surface area contributed by atoms with Gasteiger partial charge in [0.25, 0.3) is 0 Å². The van der Waals surface area contributed by atoms with Crippen molar-refractivity contribution in [1.29, 1.82) is 0 Å². The minimum Gasteiger partial charge on any atom is -0.481 e. The van der Waals surface area contributed by atoms with Gasteiger partial charge in [0.1, 0.15) is 24.7 Å². The number of hydrogen-bond donors (Lipinski definition) is 4. The maximum absolute atomic E-state index is 13.7. The summed E-state index contributed by atoms with van der Waals surface area (Å²) >= 11 is 0. The number of ether oxygens (including phenoxy) is 1. The maximum atomic E-state index is 13.7. The minimum absolute atomic E-state index is 0.0638. The monoisotopic (exact) mass is 581 g/mol. The van der Waals surface area contributed by atoms with E-state index >= 15 is 0 Å². The van der Waals surface area contributed by atoms with E-state index in [1.165, 1.54) is 11.9 Å². The molecular formula is C31H39N3O8. The predicted octanol–water partition coefficient (Wildman–Crippen LogP) is 3.47. The largest absolute Gasteiger partial charge is 0.481 e. The van der Waals surface area contributed by atoms with E-state index in [2.05, 4.69) is 10.6 Å². The van der Waals surface area contributed by atoms with Gasteiger partial charge in [-0.1, -0.05) is 82.6 Å². The van der Waals surface area contributed by atoms with Crippen molar-refractivity contribution in [2.24, 2.45) is 11.8 Å². The number of benzene rings is 2. The van der Waals surface area contributed by atoms with Crippen LogP contribution in [-0.2, 0) is 23.9 Å². The highest BCUT2D eigenvalue weighted by atomic mass is 16.5. The summed E-state index contributed by atoms with van der Waals surface area (Å²) < 4.78 is 5.65. The third-order valence-electron chi connectivity index (χ3n) is 7.75. The number of nitrogens with zero attached hydrogens (tertiary/aromatic N) is 1. The zero-order valence-corrected chi connectivity index (χ0v) is 24.5. The Morgan fingerprint density at radius 2 is 1.45 bits per heavy atom. The van der Waals surface area contributed by atoms with E-state index in [1.807, 2.05) is 55.5 Å². The zero-order valence-electron chi connectivity index (χ0n) is 24.5. The van der Waals surface area contributed by atoms with Crippen molar-refractivity contribution in [1.82, 2.24) is 15.5 Å². The van der Waals surface area contributed by atoms with Crippen LogP contribution in [0.5, 0.6) is 0 Å². The molecule has 0 aromatic heterocycles. The lowest BCUT2D eigenvalue weighted by Gasteiger charge is -2.35. The van der Waals surface area contributed by atoms with E-state index in [-0.39, 0.29) is 18.4 Å². The number of hydrogen-bond acceptors (Lipinski definition) is 6. The summed E-state index contributed by atoms with van der Waals surface area (Å²) in [6.45, 7) is 7.07. The summed E-state index contributed by atoms with van der Waals surface area (Å²) in [5.41, 5.74) is 4.27. The van der Waals surface area contributed by atoms with Gasteiger partial charge in [-0.2, -0.15) is 0 Å². The van der Waals surface area contributed by atoms with Crippen LogP contribution in [0.1, 0.15) is 57.6 Å². The maximum Gasteiger partial charge on any atom is 0.407 e. The van der Waals surface area contributed by atoms with Crippen LogP contribution in [0.2, 0.25) is 0 Å². The molecule has 0 unspecified atom stereocenters. The van der Waals surface area contributed by atoms with Crippen molar-refractivity contribution in [2.45, 2.75) is 64.6 Å². The number of carbonyl (C=O) groups excluding carboxylic acids is 3. The van der Waals surface area contributed by atoms with Crippen LogP contribution < -0.4 is 10.6 Å². The minimum atomic E-state index is -1.66. The molecule has 1 aliphatic rings. The van der Waals surface area contributed by atoms with Crippen molar-refractivity contribution in [3.05, 3.63) is 59.7 Å². The van der Waals surface area contributed by atoms with Gasteiger partial charge in [0.05, 0.1) is 6.42 Å². The molecule has 0 aliphatic heterocycles. The molecule has 1 aliphatic carbocycles. The number of aliphatic carboxylic acids is 2. The molecule has 0 saturated heterocycles. The van der Waals surface area contributed by atoms with Gasteiger partial charge in [0, 0.05) is 13.0 Å². The Balaban J connectivity index is 1.73. The van der Waals surface area contributed by atoms with Crippen LogP contribution in [0.25, 0.3) is 11.1 Å². The van der Waals surface area contributed by atoms with Gasteiger partial charge >= 0.3 is 18.0 Å². The Bertz CT molecular complexity index is 1280. The molecule has 2 aromatic carbocycles. The highest BCUT2D eigenvalue weighted by Gasteiger charge is 2.38. The number of carboxylic acids is 2. The fraction of sp³-hybridized carbons (Fsp3) is 0.452. The van der Waals surface area contributed by atoms with Crippen molar-refractivity contribution in [2.75, 3.05) is 13.7 Å². The standard InChI is InChI=1S/C31H39N3O8/c1-6-18(4)26(29(38)34(5)27(17(2)3)28(37)32-24(30(39)40)15-25(35)36)33-31(41)42-16-23-21-13-9-7-11-19(21)20-12-8-10-14-22(20)23/h7-14,17-18,23-24,26-27H,6,15-16H2,1-5H3,(H,32,37)(H,33,41)(H,35,36)(H,39,40)/t18-,24-,26-,27-/m0/s1. The van der Waals surface area contributed by atoms with Crippen molar-refractivity contribution in [3.8, 4) is 11.1 Å². The molecule has 0 fully saturated rings. The van der Waals surface area contributed by atoms with E-state index in [4.69, 9.17) is 9.84 Å². The smallest absolute Gasteiger partial charge is 0.407 e. The van der Waals surface area contributed by atoms with Crippen molar-refractivity contribution in [3.63, 3.8) is 0 Å². The number of amides is 3. The van der Waals surface area contributed by atoms with Gasteiger partial charge in [-0.3, -0.25) is 14.4 Å². The molecule has 11 nitrogen and oxygen atoms in total. The van der Waals surface area contributed by atoms with Crippen LogP contribution in [0.3, 0.4) is 0 Å². The second-order valence-corrected chi connectivity index (χ2v) is 11.0. The lowest BCUT2D eigenvalue weighted by atomic mass is 9.95. The van der Waals surface area contributed by atoms with Crippen molar-refractivity contribution < 1.29 is 38.9 Å². The van der Waals surface area contributed by atoms with Gasteiger partial charge in [0.15, 0.2) is 0 Å². The Hall–Kier alpha value is -4.41. The van der Waals surface area contributed by atoms with E-state index in [1.54, 1.807) is 20.8 Å².